The summed E-state index contributed by atoms with van der Waals surface area (Å²) >= 11 is 0. The Bertz CT molecular complexity index is 456. The number of nitrogens with one attached hydrogen (secondary N) is 1. The molecular formula is C13H20N4O3. The highest BCUT2D eigenvalue weighted by atomic mass is 16.4. The summed E-state index contributed by atoms with van der Waals surface area (Å²) in [6.07, 6.45) is 1.47. The Morgan fingerprint density at radius 1 is 1.40 bits per heavy atom. The smallest absolute Gasteiger partial charge is 0.318 e. The first-order valence-corrected chi connectivity index (χ1v) is 6.34. The van der Waals surface area contributed by atoms with Crippen molar-refractivity contribution in [1.82, 2.24) is 20.4 Å². The van der Waals surface area contributed by atoms with Crippen LogP contribution in [0.5, 0.6) is 0 Å². The van der Waals surface area contributed by atoms with Crippen LogP contribution in [-0.2, 0) is 11.3 Å². The number of hydrogen-bond acceptors (Lipinski definition) is 4. The highest BCUT2D eigenvalue weighted by Crippen LogP contribution is 2.14. The van der Waals surface area contributed by atoms with Gasteiger partial charge in [-0.25, -0.2) is 4.79 Å². The predicted molar refractivity (Wildman–Crippen MR) is 73.0 cm³/mol. The van der Waals surface area contributed by atoms with Crippen LogP contribution in [-0.4, -0.2) is 44.3 Å². The summed E-state index contributed by atoms with van der Waals surface area (Å²) in [5.74, 6) is -0.930. The van der Waals surface area contributed by atoms with Gasteiger partial charge in [0.05, 0.1) is 18.7 Å². The monoisotopic (exact) mass is 280 g/mol. The summed E-state index contributed by atoms with van der Waals surface area (Å²) in [6.45, 7) is 5.99. The zero-order chi connectivity index (χ0) is 15.2. The fourth-order valence-electron chi connectivity index (χ4n) is 1.64. The number of aromatic nitrogens is 2. The zero-order valence-corrected chi connectivity index (χ0v) is 12.0. The lowest BCUT2D eigenvalue weighted by Gasteiger charge is -2.35. The van der Waals surface area contributed by atoms with E-state index in [9.17, 15) is 9.59 Å². The number of nitrogens with zero attached hydrogens (tertiary/aromatic N) is 3. The lowest BCUT2D eigenvalue weighted by molar-refractivity contribution is -0.137. The number of carbonyl (C=O) groups excluding carboxylic acids is 1. The van der Waals surface area contributed by atoms with Gasteiger partial charge in [-0.1, -0.05) is 0 Å². The Hall–Kier alpha value is -2.18. The topological polar surface area (TPSA) is 95.4 Å². The average molecular weight is 280 g/mol. The van der Waals surface area contributed by atoms with Crippen LogP contribution in [0.2, 0.25) is 0 Å². The number of carbonyl (C=O) groups is 2. The Morgan fingerprint density at radius 3 is 2.60 bits per heavy atom. The second-order valence-electron chi connectivity index (χ2n) is 5.34. The van der Waals surface area contributed by atoms with Gasteiger partial charge >= 0.3 is 12.0 Å². The molecule has 0 fully saturated rings. The molecular weight excluding hydrogens is 260 g/mol. The maximum Gasteiger partial charge on any atom is 0.318 e. The van der Waals surface area contributed by atoms with Crippen LogP contribution in [0.3, 0.4) is 0 Å². The molecule has 0 unspecified atom stereocenters. The standard InChI is InChI=1S/C13H20N4O3/c1-13(2,3)17(8-6-11(18)19)12(20)14-9-10-5-4-7-15-16-10/h4-5,7H,6,8-9H2,1-3H3,(H,14,20)(H,18,19). The Balaban J connectivity index is 2.61. The van der Waals surface area contributed by atoms with E-state index in [0.717, 1.165) is 0 Å². The molecule has 0 spiro atoms. The molecule has 0 aliphatic rings. The molecule has 1 aromatic heterocycles. The van der Waals surface area contributed by atoms with Gasteiger partial charge in [0.2, 0.25) is 0 Å². The Labute approximate surface area is 118 Å². The third-order valence-electron chi connectivity index (χ3n) is 2.65. The molecule has 110 valence electrons. The maximum absolute atomic E-state index is 12.1. The van der Waals surface area contributed by atoms with Gasteiger partial charge in [0, 0.05) is 18.3 Å². The summed E-state index contributed by atoms with van der Waals surface area (Å²) in [5.41, 5.74) is 0.190. The van der Waals surface area contributed by atoms with Gasteiger partial charge in [-0.2, -0.15) is 10.2 Å². The average Bonchev–Trinajstić information content (AvgIpc) is 2.35. The van der Waals surface area contributed by atoms with E-state index in [1.54, 1.807) is 18.3 Å². The molecule has 7 heteroatoms. The molecule has 0 saturated carbocycles. The Morgan fingerprint density at radius 2 is 2.10 bits per heavy atom. The van der Waals surface area contributed by atoms with Crippen molar-refractivity contribution in [3.05, 3.63) is 24.0 Å². The van der Waals surface area contributed by atoms with Crippen LogP contribution in [0.4, 0.5) is 4.79 Å². The molecule has 20 heavy (non-hydrogen) atoms. The largest absolute Gasteiger partial charge is 0.481 e. The molecule has 1 rings (SSSR count). The molecule has 0 aliphatic carbocycles. The predicted octanol–water partition coefficient (Wildman–Crippen LogP) is 1.26. The van der Waals surface area contributed by atoms with E-state index < -0.39 is 11.5 Å². The molecule has 1 aromatic rings. The van der Waals surface area contributed by atoms with Crippen LogP contribution in [0.15, 0.2) is 18.3 Å². The SMILES string of the molecule is CC(C)(C)N(CCC(=O)O)C(=O)NCc1cccnn1. The molecule has 2 N–H and O–H groups in total. The number of carboxylic acids is 1. The van der Waals surface area contributed by atoms with Crippen molar-refractivity contribution in [1.29, 1.82) is 0 Å². The number of carboxylic acid groups (broad SMARTS) is 1. The normalized spacial score (nSPS) is 10.9. The minimum Gasteiger partial charge on any atom is -0.481 e. The van der Waals surface area contributed by atoms with E-state index in [1.165, 1.54) is 4.90 Å². The van der Waals surface area contributed by atoms with E-state index in [1.807, 2.05) is 20.8 Å². The van der Waals surface area contributed by atoms with Crippen LogP contribution in [0.1, 0.15) is 32.9 Å². The van der Waals surface area contributed by atoms with Crippen molar-refractivity contribution in [3.8, 4) is 0 Å². The molecule has 0 atom stereocenters. The fourth-order valence-corrected chi connectivity index (χ4v) is 1.64. The third kappa shape index (κ3) is 5.21. The summed E-state index contributed by atoms with van der Waals surface area (Å²) in [7, 11) is 0. The molecule has 0 aliphatic heterocycles. The zero-order valence-electron chi connectivity index (χ0n) is 12.0. The van der Waals surface area contributed by atoms with E-state index >= 15 is 0 Å². The molecule has 0 aromatic carbocycles. The quantitative estimate of drug-likeness (QED) is 0.846. The molecule has 2 amide bonds. The van der Waals surface area contributed by atoms with E-state index in [0.29, 0.717) is 5.69 Å². The highest BCUT2D eigenvalue weighted by Gasteiger charge is 2.26. The lowest BCUT2D eigenvalue weighted by atomic mass is 10.1. The van der Waals surface area contributed by atoms with Crippen molar-refractivity contribution in [2.75, 3.05) is 6.54 Å². The van der Waals surface area contributed by atoms with Gasteiger partial charge in [-0.15, -0.1) is 0 Å². The van der Waals surface area contributed by atoms with E-state index in [-0.39, 0.29) is 25.5 Å². The summed E-state index contributed by atoms with van der Waals surface area (Å²) in [5, 5.41) is 19.1. The van der Waals surface area contributed by atoms with E-state index in [2.05, 4.69) is 15.5 Å². The molecule has 0 bridgehead atoms. The molecule has 0 radical (unpaired) electrons. The summed E-state index contributed by atoms with van der Waals surface area (Å²) < 4.78 is 0. The van der Waals surface area contributed by atoms with Crippen LogP contribution < -0.4 is 5.32 Å². The first-order chi connectivity index (χ1) is 9.30. The molecule has 0 saturated heterocycles. The van der Waals surface area contributed by atoms with Crippen LogP contribution in [0, 0.1) is 0 Å². The number of amides is 2. The van der Waals surface area contributed by atoms with Crippen LogP contribution >= 0.6 is 0 Å². The summed E-state index contributed by atoms with van der Waals surface area (Å²) in [6, 6.07) is 3.18. The van der Waals surface area contributed by atoms with Gasteiger partial charge in [-0.3, -0.25) is 4.79 Å². The van der Waals surface area contributed by atoms with Crippen molar-refractivity contribution in [3.63, 3.8) is 0 Å². The minimum atomic E-state index is -0.930. The van der Waals surface area contributed by atoms with Crippen molar-refractivity contribution >= 4 is 12.0 Å². The van der Waals surface area contributed by atoms with Crippen LogP contribution in [0.25, 0.3) is 0 Å². The number of aliphatic carboxylic acids is 1. The first-order valence-electron chi connectivity index (χ1n) is 6.34. The number of hydrogen-bond donors (Lipinski definition) is 2. The third-order valence-corrected chi connectivity index (χ3v) is 2.65. The second kappa shape index (κ2) is 6.83. The Kier molecular flexibility index (Phi) is 5.42. The highest BCUT2D eigenvalue weighted by molar-refractivity contribution is 5.76. The van der Waals surface area contributed by atoms with Crippen molar-refractivity contribution < 1.29 is 14.7 Å². The summed E-state index contributed by atoms with van der Waals surface area (Å²) in [4.78, 5) is 24.3. The van der Waals surface area contributed by atoms with Gasteiger partial charge in [-0.05, 0) is 32.9 Å². The van der Waals surface area contributed by atoms with Gasteiger partial charge in [0.25, 0.3) is 0 Å². The lowest BCUT2D eigenvalue weighted by Crippen LogP contribution is -2.51. The van der Waals surface area contributed by atoms with Gasteiger partial charge in [0.1, 0.15) is 0 Å². The fraction of sp³-hybridized carbons (Fsp3) is 0.538. The maximum atomic E-state index is 12.1. The minimum absolute atomic E-state index is 0.0875. The van der Waals surface area contributed by atoms with Crippen molar-refractivity contribution in [2.45, 2.75) is 39.3 Å². The molecule has 1 heterocycles. The van der Waals surface area contributed by atoms with Gasteiger partial charge in [0.15, 0.2) is 0 Å². The van der Waals surface area contributed by atoms with Crippen molar-refractivity contribution in [2.24, 2.45) is 0 Å². The molecule has 7 nitrogen and oxygen atoms in total. The second-order valence-corrected chi connectivity index (χ2v) is 5.34. The number of urea groups is 1. The number of rotatable bonds is 5. The first kappa shape index (κ1) is 15.9. The van der Waals surface area contributed by atoms with E-state index in [4.69, 9.17) is 5.11 Å². The van der Waals surface area contributed by atoms with Gasteiger partial charge < -0.3 is 15.3 Å².